The van der Waals surface area contributed by atoms with Crippen LogP contribution in [-0.2, 0) is 17.6 Å². The molecule has 1 amide bonds. The van der Waals surface area contributed by atoms with Gasteiger partial charge < -0.3 is 15.0 Å². The third-order valence-corrected chi connectivity index (χ3v) is 5.22. The summed E-state index contributed by atoms with van der Waals surface area (Å²) in [5.74, 6) is 0.766. The van der Waals surface area contributed by atoms with Crippen molar-refractivity contribution in [3.63, 3.8) is 0 Å². The van der Waals surface area contributed by atoms with Crippen LogP contribution in [0.25, 0.3) is 0 Å². The minimum atomic E-state index is -0.263. The Hall–Kier alpha value is -2.47. The van der Waals surface area contributed by atoms with Gasteiger partial charge in [0.2, 0.25) is 0 Å². The zero-order chi connectivity index (χ0) is 17.9. The van der Waals surface area contributed by atoms with Crippen LogP contribution in [0.1, 0.15) is 46.1 Å². The molecule has 1 atom stereocenters. The zero-order valence-corrected chi connectivity index (χ0v) is 15.1. The molecular weight excluding hydrogens is 328 g/mol. The van der Waals surface area contributed by atoms with Crippen LogP contribution in [0.4, 0.5) is 5.82 Å². The molecule has 0 bridgehead atoms. The first-order valence-corrected chi connectivity index (χ1v) is 9.27. The molecule has 1 saturated heterocycles. The number of carbonyl (C=O) groups is 1. The number of rotatable bonds is 3. The van der Waals surface area contributed by atoms with E-state index < -0.39 is 0 Å². The van der Waals surface area contributed by atoms with E-state index in [1.807, 2.05) is 18.0 Å². The Morgan fingerprint density at radius 1 is 1.19 bits per heavy atom. The van der Waals surface area contributed by atoms with Gasteiger partial charge in [-0.25, -0.2) is 4.98 Å². The van der Waals surface area contributed by atoms with Crippen LogP contribution >= 0.6 is 0 Å². The summed E-state index contributed by atoms with van der Waals surface area (Å²) in [7, 11) is 1.81. The minimum Gasteiger partial charge on any atom is -0.372 e. The molecule has 2 aromatic rings. The van der Waals surface area contributed by atoms with E-state index in [1.165, 1.54) is 24.0 Å². The van der Waals surface area contributed by atoms with Crippen LogP contribution in [0.2, 0.25) is 0 Å². The fraction of sp³-hybridized carbons (Fsp3) is 0.450. The van der Waals surface area contributed by atoms with Crippen molar-refractivity contribution in [1.29, 1.82) is 0 Å². The van der Waals surface area contributed by atoms with Crippen molar-refractivity contribution in [2.45, 2.75) is 31.8 Å². The van der Waals surface area contributed by atoms with Gasteiger partial charge in [-0.15, -0.1) is 0 Å². The van der Waals surface area contributed by atoms with E-state index in [0.717, 1.165) is 24.1 Å². The number of fused-ring (bicyclic) bond motifs is 1. The largest absolute Gasteiger partial charge is 0.372 e. The Bertz CT molecular complexity index is 808. The summed E-state index contributed by atoms with van der Waals surface area (Å²) < 4.78 is 5.88. The smallest absolute Gasteiger partial charge is 0.254 e. The lowest BCUT2D eigenvalue weighted by Gasteiger charge is -2.33. The second-order valence-electron chi connectivity index (χ2n) is 6.84. The molecule has 1 aliphatic heterocycles. The van der Waals surface area contributed by atoms with Crippen molar-refractivity contribution in [3.8, 4) is 0 Å². The van der Waals surface area contributed by atoms with Crippen molar-refractivity contribution >= 4 is 11.7 Å². The van der Waals surface area contributed by atoms with Crippen LogP contribution in [0.5, 0.6) is 0 Å². The fourth-order valence-corrected chi connectivity index (χ4v) is 3.83. The van der Waals surface area contributed by atoms with E-state index in [4.69, 9.17) is 4.74 Å². The highest BCUT2D eigenvalue weighted by molar-refractivity contribution is 5.94. The number of hydrogen-bond acceptors (Lipinski definition) is 5. The Kier molecular flexibility index (Phi) is 4.84. The zero-order valence-electron chi connectivity index (χ0n) is 15.1. The van der Waals surface area contributed by atoms with E-state index in [1.54, 1.807) is 12.4 Å². The first kappa shape index (κ1) is 17.0. The molecule has 0 unspecified atom stereocenters. The normalized spacial score (nSPS) is 19.7. The molecule has 1 aromatic heterocycles. The number of aromatic nitrogens is 2. The van der Waals surface area contributed by atoms with Gasteiger partial charge in [0.15, 0.2) is 0 Å². The van der Waals surface area contributed by atoms with Crippen LogP contribution in [0, 0.1) is 0 Å². The Balaban J connectivity index is 1.53. The van der Waals surface area contributed by atoms with Gasteiger partial charge >= 0.3 is 0 Å². The molecule has 0 saturated carbocycles. The number of benzene rings is 1. The highest BCUT2D eigenvalue weighted by atomic mass is 16.5. The second kappa shape index (κ2) is 7.41. The summed E-state index contributed by atoms with van der Waals surface area (Å²) in [4.78, 5) is 23.6. The second-order valence-corrected chi connectivity index (χ2v) is 6.84. The van der Waals surface area contributed by atoms with Crippen molar-refractivity contribution in [1.82, 2.24) is 14.9 Å². The fourth-order valence-electron chi connectivity index (χ4n) is 3.83. The van der Waals surface area contributed by atoms with E-state index >= 15 is 0 Å². The van der Waals surface area contributed by atoms with Crippen LogP contribution in [0.15, 0.2) is 30.6 Å². The molecule has 2 heterocycles. The summed E-state index contributed by atoms with van der Waals surface area (Å²) >= 11 is 0. The third kappa shape index (κ3) is 3.29. The van der Waals surface area contributed by atoms with Gasteiger partial charge in [0, 0.05) is 31.5 Å². The average Bonchev–Trinajstić information content (AvgIpc) is 2.73. The van der Waals surface area contributed by atoms with Crippen molar-refractivity contribution in [3.05, 3.63) is 53.0 Å². The number of carbonyl (C=O) groups excluding carboxylic acids is 1. The molecule has 1 aromatic carbocycles. The van der Waals surface area contributed by atoms with E-state index in [0.29, 0.717) is 25.5 Å². The number of anilines is 1. The molecule has 1 fully saturated rings. The third-order valence-electron chi connectivity index (χ3n) is 5.22. The number of ether oxygens (including phenoxy) is 1. The molecule has 0 spiro atoms. The van der Waals surface area contributed by atoms with Gasteiger partial charge in [-0.3, -0.25) is 9.78 Å². The van der Waals surface area contributed by atoms with Gasteiger partial charge in [0.25, 0.3) is 5.91 Å². The summed E-state index contributed by atoms with van der Waals surface area (Å²) in [6.07, 6.45) is 7.71. The van der Waals surface area contributed by atoms with Crippen LogP contribution < -0.4 is 5.32 Å². The lowest BCUT2D eigenvalue weighted by molar-refractivity contribution is -0.0245. The van der Waals surface area contributed by atoms with Crippen molar-refractivity contribution in [2.75, 3.05) is 32.1 Å². The maximum atomic E-state index is 13.0. The Morgan fingerprint density at radius 2 is 2.00 bits per heavy atom. The average molecular weight is 352 g/mol. The van der Waals surface area contributed by atoms with Crippen LogP contribution in [0.3, 0.4) is 0 Å². The minimum absolute atomic E-state index is 0.0709. The predicted molar refractivity (Wildman–Crippen MR) is 99.3 cm³/mol. The quantitative estimate of drug-likeness (QED) is 0.920. The van der Waals surface area contributed by atoms with Gasteiger partial charge in [-0.1, -0.05) is 6.07 Å². The molecule has 1 N–H and O–H groups in total. The number of morpholine rings is 1. The van der Waals surface area contributed by atoms with Crippen LogP contribution in [-0.4, -0.2) is 47.5 Å². The maximum Gasteiger partial charge on any atom is 0.254 e. The summed E-state index contributed by atoms with van der Waals surface area (Å²) in [6, 6.07) is 6.18. The van der Waals surface area contributed by atoms with Crippen molar-refractivity contribution in [2.24, 2.45) is 0 Å². The Labute approximate surface area is 153 Å². The summed E-state index contributed by atoms with van der Waals surface area (Å²) in [5, 5.41) is 3.05. The molecule has 6 heteroatoms. The number of hydrogen-bond donors (Lipinski definition) is 1. The van der Waals surface area contributed by atoms with Gasteiger partial charge in [0.05, 0.1) is 13.2 Å². The van der Waals surface area contributed by atoms with E-state index in [2.05, 4.69) is 27.4 Å². The van der Waals surface area contributed by atoms with Crippen molar-refractivity contribution < 1.29 is 9.53 Å². The first-order valence-electron chi connectivity index (χ1n) is 9.27. The van der Waals surface area contributed by atoms with Gasteiger partial charge in [0.1, 0.15) is 17.6 Å². The molecule has 136 valence electrons. The summed E-state index contributed by atoms with van der Waals surface area (Å²) in [5.41, 5.74) is 4.25. The monoisotopic (exact) mass is 352 g/mol. The SMILES string of the molecule is CNc1nccnc1[C@@H]1CN(C(=O)c2ccc3c(c2)CCCC3)CCO1. The van der Waals surface area contributed by atoms with Gasteiger partial charge in [-0.05, 0) is 48.9 Å². The Morgan fingerprint density at radius 3 is 2.85 bits per heavy atom. The highest BCUT2D eigenvalue weighted by Crippen LogP contribution is 2.27. The van der Waals surface area contributed by atoms with Gasteiger partial charge in [-0.2, -0.15) is 0 Å². The highest BCUT2D eigenvalue weighted by Gasteiger charge is 2.29. The molecule has 0 radical (unpaired) electrons. The molecule has 4 rings (SSSR count). The molecule has 6 nitrogen and oxygen atoms in total. The lowest BCUT2D eigenvalue weighted by Crippen LogP contribution is -2.42. The molecule has 1 aliphatic carbocycles. The molecule has 2 aliphatic rings. The molecular formula is C20H24N4O2. The number of aryl methyl sites for hydroxylation is 2. The standard InChI is InChI=1S/C20H24N4O2/c1-21-19-18(22-8-9-23-19)17-13-24(10-11-26-17)20(25)16-7-6-14-4-2-3-5-15(14)12-16/h6-9,12,17H,2-5,10-11,13H2,1H3,(H,21,23)/t17-/m0/s1. The number of amides is 1. The number of nitrogens with one attached hydrogen (secondary N) is 1. The topological polar surface area (TPSA) is 67.4 Å². The maximum absolute atomic E-state index is 13.0. The predicted octanol–water partition coefficient (Wildman–Crippen LogP) is 2.61. The van der Waals surface area contributed by atoms with E-state index in [9.17, 15) is 4.79 Å². The summed E-state index contributed by atoms with van der Waals surface area (Å²) in [6.45, 7) is 1.59. The van der Waals surface area contributed by atoms with E-state index in [-0.39, 0.29) is 12.0 Å². The lowest BCUT2D eigenvalue weighted by atomic mass is 9.90. The first-order chi connectivity index (χ1) is 12.8. The molecule has 26 heavy (non-hydrogen) atoms. The number of nitrogens with zero attached hydrogens (tertiary/aromatic N) is 3.